The predicted molar refractivity (Wildman–Crippen MR) is 312 cm³/mol. The van der Waals surface area contributed by atoms with Gasteiger partial charge in [0.1, 0.15) is 36.3 Å². The molecule has 470 valence electrons. The summed E-state index contributed by atoms with van der Waals surface area (Å²) >= 11 is 0.962. The molecule has 14 amide bonds. The second-order valence-electron chi connectivity index (χ2n) is 21.5. The van der Waals surface area contributed by atoms with Crippen molar-refractivity contribution in [1.82, 2.24) is 72.2 Å². The van der Waals surface area contributed by atoms with E-state index in [1.165, 1.54) is 11.0 Å². The zero-order chi connectivity index (χ0) is 63.3. The minimum atomic E-state index is -3.89. The Hall–Kier alpha value is -8.32. The van der Waals surface area contributed by atoms with Crippen LogP contribution in [0.5, 0.6) is 0 Å². The number of fused-ring (bicyclic) bond motifs is 5. The fraction of sp³-hybridized carbons (Fsp3) is 0.519. The lowest BCUT2D eigenvalue weighted by atomic mass is 9.96. The number of rotatable bonds is 19. The van der Waals surface area contributed by atoms with Crippen LogP contribution >= 0.6 is 19.4 Å². The number of thioether (sulfide) groups is 1. The molecule has 7 rings (SSSR count). The SMILES string of the molecule is CCC(C)[C@@H]1NC(=O)[C@@H]2CCCN2C(=O)[C@H](CC(N)=O)NC(=O)[C@@H]2CSc3[nH]c4ccc(NC(=O)CCNP(=O)(NCCN5C(=O)C=CC5=O)NCCN5C(=O)C=CC5=O)cc4c3C[C@H](NC1=O)C(=O)NCC(=O)N[C@@H]([C@@H](C)CC)C(=O)NCC(=O)N2. The summed E-state index contributed by atoms with van der Waals surface area (Å²) in [6, 6.07) is -3.76. The summed E-state index contributed by atoms with van der Waals surface area (Å²) in [6.45, 7) is 4.64. The molecule has 14 N–H and O–H groups in total. The van der Waals surface area contributed by atoms with E-state index in [0.717, 1.165) is 45.9 Å². The molecule has 5 aliphatic heterocycles. The summed E-state index contributed by atoms with van der Waals surface area (Å²) < 4.78 is 14.2. The fourth-order valence-electron chi connectivity index (χ4n) is 10.2. The Morgan fingerprint density at radius 2 is 1.26 bits per heavy atom. The van der Waals surface area contributed by atoms with Crippen LogP contribution in [0.3, 0.4) is 0 Å². The van der Waals surface area contributed by atoms with Crippen LogP contribution in [0, 0.1) is 11.8 Å². The van der Waals surface area contributed by atoms with Gasteiger partial charge in [-0.25, -0.2) is 15.3 Å². The maximum atomic E-state index is 14.8. The molecule has 31 nitrogen and oxygen atoms in total. The van der Waals surface area contributed by atoms with E-state index in [-0.39, 0.29) is 75.0 Å². The molecular weight excluding hydrogens is 1180 g/mol. The molecule has 1 unspecified atom stereocenters. The number of hydrogen-bond donors (Lipinski definition) is 13. The van der Waals surface area contributed by atoms with Crippen LogP contribution in [-0.4, -0.2) is 197 Å². The van der Waals surface area contributed by atoms with Crippen molar-refractivity contribution in [2.24, 2.45) is 17.6 Å². The van der Waals surface area contributed by atoms with Crippen LogP contribution in [0.1, 0.15) is 71.8 Å². The molecule has 6 heterocycles. The first kappa shape index (κ1) is 66.2. The van der Waals surface area contributed by atoms with Crippen LogP contribution in [0.25, 0.3) is 10.9 Å². The Kier molecular flexibility index (Phi) is 22.7. The summed E-state index contributed by atoms with van der Waals surface area (Å²) in [4.78, 5) is 195. The first-order chi connectivity index (χ1) is 41.4. The molecular formula is C54H73N16O15PS. The largest absolute Gasteiger partial charge is 0.370 e. The van der Waals surface area contributed by atoms with Crippen molar-refractivity contribution in [3.8, 4) is 0 Å². The lowest BCUT2D eigenvalue weighted by Crippen LogP contribution is -2.61. The summed E-state index contributed by atoms with van der Waals surface area (Å²) in [5, 5.41) is 30.1. The van der Waals surface area contributed by atoms with Crippen LogP contribution in [0.15, 0.2) is 47.5 Å². The molecule has 87 heavy (non-hydrogen) atoms. The minimum Gasteiger partial charge on any atom is -0.370 e. The Balaban J connectivity index is 1.23. The summed E-state index contributed by atoms with van der Waals surface area (Å²) in [6.07, 6.45) is 4.16. The average Bonchev–Trinajstić information content (AvgIpc) is 2.67. The number of carbonyl (C=O) groups excluding carboxylic acids is 14. The zero-order valence-corrected chi connectivity index (χ0v) is 50.1. The maximum Gasteiger partial charge on any atom is 0.279 e. The molecule has 8 atom stereocenters. The highest BCUT2D eigenvalue weighted by Crippen LogP contribution is 2.34. The van der Waals surface area contributed by atoms with E-state index in [1.54, 1.807) is 39.8 Å². The first-order valence-electron chi connectivity index (χ1n) is 28.5. The second kappa shape index (κ2) is 29.9. The molecule has 1 aromatic heterocycles. The summed E-state index contributed by atoms with van der Waals surface area (Å²) in [5.41, 5.74) is 6.52. The number of benzene rings is 1. The average molecular weight is 1250 g/mol. The van der Waals surface area contributed by atoms with Crippen molar-refractivity contribution in [3.63, 3.8) is 0 Å². The normalized spacial score (nSPS) is 23.7. The number of nitrogens with two attached hydrogens (primary N) is 1. The number of imide groups is 2. The van der Waals surface area contributed by atoms with Gasteiger partial charge in [-0.15, -0.1) is 11.8 Å². The fourth-order valence-corrected chi connectivity index (χ4v) is 12.9. The van der Waals surface area contributed by atoms with Crippen molar-refractivity contribution in [3.05, 3.63) is 48.1 Å². The third kappa shape index (κ3) is 17.2. The van der Waals surface area contributed by atoms with E-state index in [4.69, 9.17) is 5.73 Å². The molecule has 0 aliphatic carbocycles. The molecule has 0 radical (unpaired) electrons. The van der Waals surface area contributed by atoms with E-state index >= 15 is 0 Å². The summed E-state index contributed by atoms with van der Waals surface area (Å²) in [7, 11) is -3.89. The maximum absolute atomic E-state index is 14.8. The Bertz CT molecular complexity index is 3120. The van der Waals surface area contributed by atoms with E-state index in [2.05, 4.69) is 62.8 Å². The topological polar surface area (TPSA) is 440 Å². The molecule has 1 fully saturated rings. The van der Waals surface area contributed by atoms with Crippen molar-refractivity contribution >= 4 is 119 Å². The number of nitrogens with zero attached hydrogens (tertiary/aromatic N) is 3. The van der Waals surface area contributed by atoms with Gasteiger partial charge in [0, 0.05) is 98.8 Å². The molecule has 1 saturated heterocycles. The van der Waals surface area contributed by atoms with Crippen LogP contribution in [0.4, 0.5) is 5.69 Å². The van der Waals surface area contributed by atoms with Crippen LogP contribution < -0.4 is 63.5 Å². The summed E-state index contributed by atoms with van der Waals surface area (Å²) in [5.74, 6) is -11.9. The van der Waals surface area contributed by atoms with Gasteiger partial charge in [0.25, 0.3) is 31.2 Å². The van der Waals surface area contributed by atoms with Gasteiger partial charge >= 0.3 is 0 Å². The number of primary amides is 1. The highest BCUT2D eigenvalue weighted by atomic mass is 32.2. The van der Waals surface area contributed by atoms with Crippen molar-refractivity contribution in [2.75, 3.05) is 63.4 Å². The first-order valence-corrected chi connectivity index (χ1v) is 31.2. The van der Waals surface area contributed by atoms with Gasteiger partial charge in [-0.3, -0.25) is 81.5 Å². The van der Waals surface area contributed by atoms with Crippen LogP contribution in [-0.2, 0) is 78.1 Å². The number of amides is 14. The molecule has 0 spiro atoms. The zero-order valence-electron chi connectivity index (χ0n) is 48.4. The minimum absolute atomic E-state index is 0.0270. The Labute approximate surface area is 503 Å². The van der Waals surface area contributed by atoms with Gasteiger partial charge in [0.15, 0.2) is 0 Å². The smallest absolute Gasteiger partial charge is 0.279 e. The third-order valence-electron chi connectivity index (χ3n) is 15.4. The van der Waals surface area contributed by atoms with Crippen molar-refractivity contribution in [1.29, 1.82) is 0 Å². The number of aromatic nitrogens is 1. The number of aromatic amines is 1. The highest BCUT2D eigenvalue weighted by molar-refractivity contribution is 7.99. The van der Waals surface area contributed by atoms with E-state index in [1.807, 2.05) is 0 Å². The Morgan fingerprint density at radius 1 is 0.690 bits per heavy atom. The van der Waals surface area contributed by atoms with Crippen molar-refractivity contribution in [2.45, 2.75) is 114 Å². The number of carbonyl (C=O) groups is 14. The van der Waals surface area contributed by atoms with E-state index < -0.39 is 158 Å². The van der Waals surface area contributed by atoms with E-state index in [9.17, 15) is 71.7 Å². The Morgan fingerprint density at radius 3 is 1.86 bits per heavy atom. The molecule has 33 heteroatoms. The van der Waals surface area contributed by atoms with Crippen LogP contribution in [0.2, 0.25) is 0 Å². The standard InChI is InChI=1S/C54H73N16O15PS/c1-5-28(3)46-51(82)57-25-40(73)62-36-27-87-53-32(23-34(48(79)56-26-41(74)66-46)63-52(83)47(29(4)6-2)67-50(81)37-8-7-19-68(37)54(84)35(24-38(55)71)64-49(36)80)31-22-30(9-10-33(31)65-53)61-39(72)15-16-58-86(85,59-17-20-69-42(75)11-12-43(69)76)60-18-21-70-44(77)13-14-45(70)78/h9-14,22,28-29,34-37,46-47,65H,5-8,15-21,23-27H2,1-4H3,(H2,55,71)(H,56,79)(H,57,82)(H,61,72)(H,62,73)(H,63,83)(H,64,80)(H,66,74)(H,67,81)(H3,58,59,60,85)/t28-,29?,34-,35-,36-,37-,46-,47-/m0/s1. The highest BCUT2D eigenvalue weighted by Gasteiger charge is 2.42. The lowest BCUT2D eigenvalue weighted by molar-refractivity contribution is -0.143. The van der Waals surface area contributed by atoms with E-state index in [0.29, 0.717) is 35.7 Å². The number of H-pyrrole nitrogens is 1. The lowest BCUT2D eigenvalue weighted by Gasteiger charge is -2.32. The van der Waals surface area contributed by atoms with Gasteiger partial charge in [-0.05, 0) is 48.4 Å². The number of nitrogens with one attached hydrogen (secondary N) is 12. The molecule has 5 aliphatic rings. The molecule has 0 saturated carbocycles. The predicted octanol–water partition coefficient (Wildman–Crippen LogP) is -3.50. The van der Waals surface area contributed by atoms with Gasteiger partial charge < -0.3 is 58.2 Å². The number of hydrogen-bond acceptors (Lipinski definition) is 16. The second-order valence-corrected chi connectivity index (χ2v) is 24.7. The van der Waals surface area contributed by atoms with Crippen molar-refractivity contribution < 1.29 is 71.7 Å². The van der Waals surface area contributed by atoms with Gasteiger partial charge in [-0.2, -0.15) is 0 Å². The van der Waals surface area contributed by atoms with Gasteiger partial charge in [0.05, 0.1) is 24.5 Å². The molecule has 2 aromatic rings. The number of anilines is 1. The quantitative estimate of drug-likeness (QED) is 0.0479. The molecule has 1 aromatic carbocycles. The van der Waals surface area contributed by atoms with Gasteiger partial charge in [-0.1, -0.05) is 40.5 Å². The monoisotopic (exact) mass is 1250 g/mol. The third-order valence-corrected chi connectivity index (χ3v) is 18.5. The molecule has 2 bridgehead atoms. The van der Waals surface area contributed by atoms with Gasteiger partial charge in [0.2, 0.25) is 59.1 Å².